The third kappa shape index (κ3) is 5.49. The van der Waals surface area contributed by atoms with E-state index in [9.17, 15) is 4.79 Å². The van der Waals surface area contributed by atoms with E-state index in [1.54, 1.807) is 11.8 Å². The van der Waals surface area contributed by atoms with E-state index in [2.05, 4.69) is 29.3 Å². The van der Waals surface area contributed by atoms with Gasteiger partial charge in [-0.15, -0.1) is 0 Å². The van der Waals surface area contributed by atoms with Crippen LogP contribution in [0.2, 0.25) is 0 Å². The van der Waals surface area contributed by atoms with E-state index < -0.39 is 0 Å². The highest BCUT2D eigenvalue weighted by Crippen LogP contribution is 2.42. The Bertz CT molecular complexity index is 979. The summed E-state index contributed by atoms with van der Waals surface area (Å²) in [5, 5.41) is 3.60. The molecule has 1 amide bonds. The molecule has 6 heteroatoms. The number of amides is 1. The molecule has 1 N–H and O–H groups in total. The molecule has 2 aliphatic rings. The third-order valence-corrected chi connectivity index (χ3v) is 7.40. The van der Waals surface area contributed by atoms with Gasteiger partial charge >= 0.3 is 0 Å². The Balaban J connectivity index is 1.64. The van der Waals surface area contributed by atoms with Crippen molar-refractivity contribution in [1.82, 2.24) is 4.90 Å². The summed E-state index contributed by atoms with van der Waals surface area (Å²) in [4.78, 5) is 16.5. The van der Waals surface area contributed by atoms with Crippen LogP contribution in [0.5, 0.6) is 11.5 Å². The topological polar surface area (TPSA) is 50.8 Å². The molecule has 1 aliphatic heterocycles. The Hall–Kier alpha value is -2.60. The van der Waals surface area contributed by atoms with Crippen molar-refractivity contribution in [2.75, 3.05) is 18.5 Å². The summed E-state index contributed by atoms with van der Waals surface area (Å²) in [6, 6.07) is 16.3. The fourth-order valence-corrected chi connectivity index (χ4v) is 5.89. The molecule has 1 unspecified atom stereocenters. The number of nitrogens with zero attached hydrogens (tertiary/aromatic N) is 1. The number of thioether (sulfide) groups is 1. The van der Waals surface area contributed by atoms with Crippen LogP contribution in [0.3, 0.4) is 0 Å². The van der Waals surface area contributed by atoms with Crippen molar-refractivity contribution in [1.29, 1.82) is 0 Å². The van der Waals surface area contributed by atoms with Crippen LogP contribution in [0.1, 0.15) is 52.0 Å². The maximum atomic E-state index is 13.7. The van der Waals surface area contributed by atoms with E-state index in [-0.39, 0.29) is 17.4 Å². The lowest BCUT2D eigenvalue weighted by Crippen LogP contribution is -2.48. The second-order valence-corrected chi connectivity index (χ2v) is 9.72. The Kier molecular flexibility index (Phi) is 7.86. The van der Waals surface area contributed by atoms with Gasteiger partial charge in [0, 0.05) is 11.7 Å². The van der Waals surface area contributed by atoms with Crippen LogP contribution in [-0.2, 0) is 4.79 Å². The molecular weight excluding hydrogens is 432 g/mol. The SMILES string of the molecule is CCOc1ccc(/C=C2\SC(Nc3ccccc3)N([C@@H]3CCCC[C@@H]3C)C2=O)cc1OCC. The summed E-state index contributed by atoms with van der Waals surface area (Å²) in [6.07, 6.45) is 6.65. The molecule has 5 nitrogen and oxygen atoms in total. The van der Waals surface area contributed by atoms with Gasteiger partial charge in [-0.1, -0.05) is 55.8 Å². The lowest BCUT2D eigenvalue weighted by atomic mass is 9.85. The average Bonchev–Trinajstić information content (AvgIpc) is 3.11. The smallest absolute Gasteiger partial charge is 0.262 e. The van der Waals surface area contributed by atoms with E-state index in [4.69, 9.17) is 9.47 Å². The first-order valence-electron chi connectivity index (χ1n) is 12.0. The Morgan fingerprint density at radius 2 is 1.76 bits per heavy atom. The van der Waals surface area contributed by atoms with Gasteiger partial charge in [0.05, 0.1) is 18.1 Å². The van der Waals surface area contributed by atoms with Crippen molar-refractivity contribution >= 4 is 29.4 Å². The maximum Gasteiger partial charge on any atom is 0.262 e. The van der Waals surface area contributed by atoms with E-state index in [0.29, 0.717) is 24.9 Å². The first-order chi connectivity index (χ1) is 16.1. The number of para-hydroxylation sites is 1. The van der Waals surface area contributed by atoms with Gasteiger partial charge in [-0.3, -0.25) is 4.79 Å². The van der Waals surface area contributed by atoms with Crippen molar-refractivity contribution in [3.63, 3.8) is 0 Å². The lowest BCUT2D eigenvalue weighted by molar-refractivity contribution is -0.129. The molecule has 1 saturated heterocycles. The number of carbonyl (C=O) groups excluding carboxylic acids is 1. The number of carbonyl (C=O) groups is 1. The molecule has 1 saturated carbocycles. The van der Waals surface area contributed by atoms with E-state index in [0.717, 1.165) is 28.3 Å². The number of hydrogen-bond acceptors (Lipinski definition) is 5. The minimum absolute atomic E-state index is 0.110. The zero-order valence-electron chi connectivity index (χ0n) is 19.8. The van der Waals surface area contributed by atoms with E-state index in [1.807, 2.05) is 56.3 Å². The van der Waals surface area contributed by atoms with Gasteiger partial charge in [-0.25, -0.2) is 0 Å². The van der Waals surface area contributed by atoms with Gasteiger partial charge in [0.25, 0.3) is 5.91 Å². The van der Waals surface area contributed by atoms with Crippen molar-refractivity contribution in [3.8, 4) is 11.5 Å². The summed E-state index contributed by atoms with van der Waals surface area (Å²) in [6.45, 7) is 7.34. The molecule has 2 aromatic rings. The van der Waals surface area contributed by atoms with Gasteiger partial charge in [-0.2, -0.15) is 0 Å². The predicted octanol–water partition coefficient (Wildman–Crippen LogP) is 6.37. The van der Waals surface area contributed by atoms with Crippen LogP contribution in [0.25, 0.3) is 6.08 Å². The number of nitrogens with one attached hydrogen (secondary N) is 1. The standard InChI is InChI=1S/C27H34N2O3S/c1-4-31-23-16-15-20(17-24(23)32-5-2)18-25-26(30)29(22-14-10-9-11-19(22)3)27(33-25)28-21-12-7-6-8-13-21/h6-8,12-13,15-19,22,27-28H,4-5,9-11,14H2,1-3H3/b25-18-/t19-,22+,27?/m0/s1. The molecular formula is C27H34N2O3S. The number of benzene rings is 2. The molecule has 176 valence electrons. The normalized spacial score (nSPS) is 24.2. The van der Waals surface area contributed by atoms with Crippen LogP contribution >= 0.6 is 11.8 Å². The molecule has 2 aromatic carbocycles. The molecule has 0 bridgehead atoms. The molecule has 1 heterocycles. The first-order valence-corrected chi connectivity index (χ1v) is 12.9. The molecule has 0 radical (unpaired) electrons. The summed E-state index contributed by atoms with van der Waals surface area (Å²) in [5.41, 5.74) is 1.85. The van der Waals surface area contributed by atoms with Crippen LogP contribution in [0, 0.1) is 5.92 Å². The van der Waals surface area contributed by atoms with Crippen LogP contribution in [0.15, 0.2) is 53.4 Å². The molecule has 3 atom stereocenters. The zero-order valence-corrected chi connectivity index (χ0v) is 20.6. The summed E-state index contributed by atoms with van der Waals surface area (Å²) < 4.78 is 11.5. The quantitative estimate of drug-likeness (QED) is 0.458. The Morgan fingerprint density at radius 3 is 2.48 bits per heavy atom. The molecule has 2 fully saturated rings. The highest BCUT2D eigenvalue weighted by Gasteiger charge is 2.42. The summed E-state index contributed by atoms with van der Waals surface area (Å²) in [5.74, 6) is 2.05. The fraction of sp³-hybridized carbons (Fsp3) is 0.444. The van der Waals surface area contributed by atoms with E-state index >= 15 is 0 Å². The lowest BCUT2D eigenvalue weighted by Gasteiger charge is -2.39. The van der Waals surface area contributed by atoms with Crippen molar-refractivity contribution < 1.29 is 14.3 Å². The monoisotopic (exact) mass is 466 g/mol. The highest BCUT2D eigenvalue weighted by molar-refractivity contribution is 8.05. The Labute approximate surface area is 201 Å². The van der Waals surface area contributed by atoms with E-state index in [1.165, 1.54) is 19.3 Å². The number of rotatable bonds is 8. The van der Waals surface area contributed by atoms with Crippen molar-refractivity contribution in [2.45, 2.75) is 58.0 Å². The fourth-order valence-electron chi connectivity index (χ4n) is 4.68. The molecule has 0 aromatic heterocycles. The van der Waals surface area contributed by atoms with Gasteiger partial charge in [-0.05, 0) is 68.5 Å². The largest absolute Gasteiger partial charge is 0.490 e. The second-order valence-electron chi connectivity index (χ2n) is 8.60. The third-order valence-electron chi connectivity index (χ3n) is 6.29. The minimum Gasteiger partial charge on any atom is -0.490 e. The Morgan fingerprint density at radius 1 is 1.03 bits per heavy atom. The van der Waals surface area contributed by atoms with Crippen molar-refractivity contribution in [3.05, 3.63) is 59.0 Å². The molecule has 33 heavy (non-hydrogen) atoms. The maximum absolute atomic E-state index is 13.7. The molecule has 1 aliphatic carbocycles. The van der Waals surface area contributed by atoms with Crippen LogP contribution in [-0.4, -0.2) is 35.6 Å². The molecule has 0 spiro atoms. The number of anilines is 1. The number of hydrogen-bond donors (Lipinski definition) is 1. The summed E-state index contributed by atoms with van der Waals surface area (Å²) >= 11 is 1.60. The van der Waals surface area contributed by atoms with Crippen molar-refractivity contribution in [2.24, 2.45) is 5.92 Å². The van der Waals surface area contributed by atoms with Gasteiger partial charge in [0.2, 0.25) is 0 Å². The van der Waals surface area contributed by atoms with Crippen LogP contribution < -0.4 is 14.8 Å². The number of ether oxygens (including phenoxy) is 2. The predicted molar refractivity (Wildman–Crippen MR) is 136 cm³/mol. The average molecular weight is 467 g/mol. The van der Waals surface area contributed by atoms with Gasteiger partial charge < -0.3 is 19.7 Å². The first kappa shape index (κ1) is 23.6. The summed E-state index contributed by atoms with van der Waals surface area (Å²) in [7, 11) is 0. The van der Waals surface area contributed by atoms with Gasteiger partial charge in [0.15, 0.2) is 17.0 Å². The highest BCUT2D eigenvalue weighted by atomic mass is 32.2. The molecule has 4 rings (SSSR count). The second kappa shape index (κ2) is 11.0. The minimum atomic E-state index is -0.120. The zero-order chi connectivity index (χ0) is 23.2. The van der Waals surface area contributed by atoms with Gasteiger partial charge in [0.1, 0.15) is 0 Å². The van der Waals surface area contributed by atoms with Crippen LogP contribution in [0.4, 0.5) is 5.69 Å².